The maximum atomic E-state index is 12.0. The van der Waals surface area contributed by atoms with Crippen LogP contribution >= 0.6 is 15.9 Å². The molecule has 2 N–H and O–H groups in total. The zero-order chi connectivity index (χ0) is 13.2. The molecule has 1 heterocycles. The van der Waals surface area contributed by atoms with E-state index < -0.39 is 10.0 Å². The van der Waals surface area contributed by atoms with Gasteiger partial charge in [-0.1, -0.05) is 28.1 Å². The molecule has 1 aromatic carbocycles. The molecule has 0 saturated carbocycles. The van der Waals surface area contributed by atoms with Gasteiger partial charge in [-0.05, 0) is 24.6 Å². The average molecular weight is 331 g/mol. The van der Waals surface area contributed by atoms with E-state index >= 15 is 0 Å². The molecule has 0 aliphatic carbocycles. The first-order valence-electron chi connectivity index (χ1n) is 5.08. The number of hydrogen-bond donors (Lipinski definition) is 2. The number of anilines is 1. The van der Waals surface area contributed by atoms with Crippen LogP contribution in [0.25, 0.3) is 0 Å². The van der Waals surface area contributed by atoms with Gasteiger partial charge in [-0.3, -0.25) is 5.10 Å². The molecule has 0 aliphatic heterocycles. The lowest BCUT2D eigenvalue weighted by molar-refractivity contribution is 0.601. The maximum Gasteiger partial charge on any atom is 0.264 e. The van der Waals surface area contributed by atoms with Crippen molar-refractivity contribution in [2.75, 3.05) is 4.72 Å². The van der Waals surface area contributed by atoms with Crippen molar-refractivity contribution in [3.05, 3.63) is 35.7 Å². The third-order valence-electron chi connectivity index (χ3n) is 2.21. The lowest BCUT2D eigenvalue weighted by Gasteiger charge is -2.04. The average Bonchev–Trinajstić information content (AvgIpc) is 2.74. The second kappa shape index (κ2) is 5.07. The van der Waals surface area contributed by atoms with Crippen molar-refractivity contribution in [2.45, 2.75) is 17.1 Å². The van der Waals surface area contributed by atoms with Crippen LogP contribution in [0.15, 0.2) is 29.2 Å². The quantitative estimate of drug-likeness (QED) is 0.837. The van der Waals surface area contributed by atoms with Crippen molar-refractivity contribution < 1.29 is 8.42 Å². The Kier molecular flexibility index (Phi) is 3.67. The number of aromatic amines is 1. The summed E-state index contributed by atoms with van der Waals surface area (Å²) >= 11 is 3.30. The molecule has 0 bridgehead atoms. The Morgan fingerprint density at radius 1 is 1.33 bits per heavy atom. The lowest BCUT2D eigenvalue weighted by Crippen LogP contribution is -2.14. The number of nitrogens with one attached hydrogen (secondary N) is 2. The molecule has 0 aliphatic rings. The molecule has 2 aromatic rings. The van der Waals surface area contributed by atoms with Crippen LogP contribution in [0.2, 0.25) is 0 Å². The first-order valence-corrected chi connectivity index (χ1v) is 7.68. The highest BCUT2D eigenvalue weighted by Gasteiger charge is 2.16. The highest BCUT2D eigenvalue weighted by Crippen LogP contribution is 2.15. The molecule has 1 aromatic heterocycles. The molecule has 0 unspecified atom stereocenters. The summed E-state index contributed by atoms with van der Waals surface area (Å²) in [6, 6.07) is 6.57. The second-order valence-electron chi connectivity index (χ2n) is 3.63. The number of sulfonamides is 1. The van der Waals surface area contributed by atoms with Gasteiger partial charge >= 0.3 is 0 Å². The Bertz CT molecular complexity index is 636. The van der Waals surface area contributed by atoms with Crippen LogP contribution in [0.5, 0.6) is 0 Å². The fourth-order valence-corrected chi connectivity index (χ4v) is 2.64. The third kappa shape index (κ3) is 2.88. The topological polar surface area (TPSA) is 87.7 Å². The van der Waals surface area contributed by atoms with Crippen LogP contribution in [0, 0.1) is 6.92 Å². The van der Waals surface area contributed by atoms with Crippen molar-refractivity contribution in [1.29, 1.82) is 0 Å². The van der Waals surface area contributed by atoms with Crippen LogP contribution in [0.3, 0.4) is 0 Å². The number of nitrogens with zero attached hydrogens (tertiary/aromatic N) is 2. The van der Waals surface area contributed by atoms with Crippen molar-refractivity contribution in [3.8, 4) is 0 Å². The van der Waals surface area contributed by atoms with E-state index in [0.717, 1.165) is 5.56 Å². The zero-order valence-corrected chi connectivity index (χ0v) is 11.9. The molecular formula is C10H11BrN4O2S. The van der Waals surface area contributed by atoms with Gasteiger partial charge in [0.1, 0.15) is 5.82 Å². The highest BCUT2D eigenvalue weighted by molar-refractivity contribution is 9.08. The number of aromatic nitrogens is 3. The van der Waals surface area contributed by atoms with E-state index in [2.05, 4.69) is 35.8 Å². The zero-order valence-electron chi connectivity index (χ0n) is 9.51. The first-order chi connectivity index (χ1) is 8.51. The number of aryl methyl sites for hydroxylation is 1. The van der Waals surface area contributed by atoms with Crippen LogP contribution in [-0.4, -0.2) is 23.6 Å². The molecule has 0 radical (unpaired) electrons. The van der Waals surface area contributed by atoms with Crippen LogP contribution < -0.4 is 4.72 Å². The molecule has 8 heteroatoms. The fourth-order valence-electron chi connectivity index (χ4n) is 1.33. The number of halogens is 1. The molecule has 0 atom stereocenters. The van der Waals surface area contributed by atoms with E-state index in [1.807, 2.05) is 0 Å². The van der Waals surface area contributed by atoms with Crippen LogP contribution in [-0.2, 0) is 15.4 Å². The molecule has 0 spiro atoms. The second-order valence-corrected chi connectivity index (χ2v) is 5.87. The SMILES string of the molecule is Cc1nc(NS(=O)(=O)c2ccc(CBr)cc2)n[nH]1. The Balaban J connectivity index is 2.24. The summed E-state index contributed by atoms with van der Waals surface area (Å²) in [6.45, 7) is 1.69. The van der Waals surface area contributed by atoms with Gasteiger partial charge in [0.25, 0.3) is 16.0 Å². The monoisotopic (exact) mass is 330 g/mol. The molecule has 18 heavy (non-hydrogen) atoms. The number of H-pyrrole nitrogens is 1. The highest BCUT2D eigenvalue weighted by atomic mass is 79.9. The molecule has 0 saturated heterocycles. The Morgan fingerprint density at radius 2 is 2.00 bits per heavy atom. The lowest BCUT2D eigenvalue weighted by atomic mass is 10.2. The number of rotatable bonds is 4. The smallest absolute Gasteiger partial charge is 0.261 e. The minimum Gasteiger partial charge on any atom is -0.261 e. The Morgan fingerprint density at radius 3 is 2.50 bits per heavy atom. The van der Waals surface area contributed by atoms with Gasteiger partial charge in [-0.2, -0.15) is 4.98 Å². The first kappa shape index (κ1) is 13.0. The van der Waals surface area contributed by atoms with Gasteiger partial charge < -0.3 is 0 Å². The standard InChI is InChI=1S/C10H11BrN4O2S/c1-7-12-10(14-13-7)15-18(16,17)9-4-2-8(6-11)3-5-9/h2-5H,6H2,1H3,(H2,12,13,14,15). The predicted octanol–water partition coefficient (Wildman–Crippen LogP) is 1.81. The molecule has 6 nitrogen and oxygen atoms in total. The summed E-state index contributed by atoms with van der Waals surface area (Å²) in [5.41, 5.74) is 1.00. The van der Waals surface area contributed by atoms with Crippen LogP contribution in [0.4, 0.5) is 5.95 Å². The van der Waals surface area contributed by atoms with E-state index in [4.69, 9.17) is 0 Å². The van der Waals surface area contributed by atoms with Gasteiger partial charge in [0.05, 0.1) is 4.90 Å². The minimum atomic E-state index is -3.64. The van der Waals surface area contributed by atoms with Gasteiger partial charge in [0.15, 0.2) is 0 Å². The summed E-state index contributed by atoms with van der Waals surface area (Å²) in [5.74, 6) is 0.583. The van der Waals surface area contributed by atoms with E-state index in [1.165, 1.54) is 0 Å². The van der Waals surface area contributed by atoms with Crippen molar-refractivity contribution >= 4 is 31.9 Å². The fraction of sp³-hybridized carbons (Fsp3) is 0.200. The molecule has 96 valence electrons. The Labute approximate surface area is 113 Å². The summed E-state index contributed by atoms with van der Waals surface area (Å²) in [5, 5.41) is 6.97. The summed E-state index contributed by atoms with van der Waals surface area (Å²) in [6.07, 6.45) is 0. The van der Waals surface area contributed by atoms with Crippen LogP contribution in [0.1, 0.15) is 11.4 Å². The predicted molar refractivity (Wildman–Crippen MR) is 71.0 cm³/mol. The maximum absolute atomic E-state index is 12.0. The number of alkyl halides is 1. The molecule has 2 rings (SSSR count). The van der Waals surface area contributed by atoms with Gasteiger partial charge in [0.2, 0.25) is 0 Å². The van der Waals surface area contributed by atoms with Crippen molar-refractivity contribution in [3.63, 3.8) is 0 Å². The van der Waals surface area contributed by atoms with Gasteiger partial charge in [0, 0.05) is 5.33 Å². The molecule has 0 amide bonds. The van der Waals surface area contributed by atoms with E-state index in [9.17, 15) is 8.42 Å². The minimum absolute atomic E-state index is 0.0390. The summed E-state index contributed by atoms with van der Waals surface area (Å²) in [7, 11) is -3.64. The number of hydrogen-bond acceptors (Lipinski definition) is 4. The third-order valence-corrected chi connectivity index (χ3v) is 4.20. The van der Waals surface area contributed by atoms with Gasteiger partial charge in [-0.15, -0.1) is 5.10 Å². The van der Waals surface area contributed by atoms with E-state index in [1.54, 1.807) is 31.2 Å². The Hall–Kier alpha value is -1.41. The summed E-state index contributed by atoms with van der Waals surface area (Å²) < 4.78 is 26.3. The van der Waals surface area contributed by atoms with E-state index in [0.29, 0.717) is 11.2 Å². The number of benzene rings is 1. The molecular weight excluding hydrogens is 320 g/mol. The van der Waals surface area contributed by atoms with E-state index in [-0.39, 0.29) is 10.8 Å². The largest absolute Gasteiger partial charge is 0.264 e. The van der Waals surface area contributed by atoms with Gasteiger partial charge in [-0.25, -0.2) is 13.1 Å². The normalized spacial score (nSPS) is 11.4. The summed E-state index contributed by atoms with van der Waals surface area (Å²) in [4.78, 5) is 4.07. The van der Waals surface area contributed by atoms with Crippen molar-refractivity contribution in [1.82, 2.24) is 15.2 Å². The van der Waals surface area contributed by atoms with Crippen molar-refractivity contribution in [2.24, 2.45) is 0 Å². The molecule has 0 fully saturated rings.